The molecule has 0 spiro atoms. The molecule has 0 aliphatic heterocycles. The Balaban J connectivity index is 2.99. The van der Waals surface area contributed by atoms with Crippen molar-refractivity contribution in [2.45, 2.75) is 0 Å². The summed E-state index contributed by atoms with van der Waals surface area (Å²) in [6.45, 7) is 0. The molecule has 5 nitrogen and oxygen atoms in total. The molecule has 0 unspecified atom stereocenters. The van der Waals surface area contributed by atoms with Gasteiger partial charge in [-0.1, -0.05) is 4.85 Å². The second-order valence-electron chi connectivity index (χ2n) is 1.68. The summed E-state index contributed by atoms with van der Waals surface area (Å²) >= 11 is 0. The summed E-state index contributed by atoms with van der Waals surface area (Å²) in [6, 6.07) is 0. The van der Waals surface area contributed by atoms with E-state index in [0.717, 1.165) is 4.85 Å². The summed E-state index contributed by atoms with van der Waals surface area (Å²) in [5.74, 6) is 0. The highest BCUT2D eigenvalue weighted by molar-refractivity contribution is 5.32. The van der Waals surface area contributed by atoms with Crippen molar-refractivity contribution in [2.24, 2.45) is 0 Å². The fraction of sp³-hybridized carbons (Fsp3) is 0. The molecule has 5 heteroatoms. The van der Waals surface area contributed by atoms with Gasteiger partial charge in [0.1, 0.15) is 12.7 Å². The van der Waals surface area contributed by atoms with Crippen molar-refractivity contribution in [1.29, 1.82) is 0 Å². The first kappa shape index (κ1) is 4.37. The third-order valence-electron chi connectivity index (χ3n) is 1.14. The molecule has 0 atom stereocenters. The quantitative estimate of drug-likeness (QED) is 0.493. The summed E-state index contributed by atoms with van der Waals surface area (Å²) in [5.41, 5.74) is 0.565. The zero-order chi connectivity index (χ0) is 6.27. The maximum Gasteiger partial charge on any atom is 0.195 e. The lowest BCUT2D eigenvalue weighted by Gasteiger charge is -1.81. The average Bonchev–Trinajstić information content (AvgIpc) is 2.35. The Kier molecular flexibility index (Phi) is 0.606. The molecule has 0 fully saturated rings. The fourth-order valence-corrected chi connectivity index (χ4v) is 0.705. The molecule has 2 heterocycles. The molecular formula is C4H4N4O. The van der Waals surface area contributed by atoms with Gasteiger partial charge in [0, 0.05) is 0 Å². The molecule has 0 aliphatic rings. The first-order chi connectivity index (χ1) is 4.38. The lowest BCUT2D eigenvalue weighted by molar-refractivity contribution is 0.160. The number of aromatic nitrogens is 4. The van der Waals surface area contributed by atoms with Crippen LogP contribution in [0.1, 0.15) is 0 Å². The monoisotopic (exact) mass is 124 g/mol. The average molecular weight is 124 g/mol. The van der Waals surface area contributed by atoms with Crippen molar-refractivity contribution >= 4 is 5.65 Å². The van der Waals surface area contributed by atoms with Crippen LogP contribution < -0.4 is 0 Å². The van der Waals surface area contributed by atoms with E-state index in [4.69, 9.17) is 5.21 Å². The van der Waals surface area contributed by atoms with Gasteiger partial charge >= 0.3 is 0 Å². The standard InChI is InChI=1S/C4H4N4O/c9-8-4-1-5-2-7(4)3-6-8/h1-3,9H. The topological polar surface area (TPSA) is 55.3 Å². The Labute approximate surface area is 50.1 Å². The lowest BCUT2D eigenvalue weighted by atomic mass is 10.8. The van der Waals surface area contributed by atoms with E-state index in [1.165, 1.54) is 12.5 Å². The Bertz CT molecular complexity index is 322. The van der Waals surface area contributed by atoms with Crippen LogP contribution in [0.2, 0.25) is 0 Å². The van der Waals surface area contributed by atoms with Gasteiger partial charge in [-0.3, -0.25) is 4.40 Å². The van der Waals surface area contributed by atoms with E-state index in [-0.39, 0.29) is 0 Å². The molecule has 0 radical (unpaired) electrons. The molecule has 0 aromatic carbocycles. The van der Waals surface area contributed by atoms with Crippen LogP contribution in [0.15, 0.2) is 18.9 Å². The molecule has 0 bridgehead atoms. The van der Waals surface area contributed by atoms with E-state index < -0.39 is 0 Å². The maximum absolute atomic E-state index is 8.84. The molecular weight excluding hydrogens is 120 g/mol. The van der Waals surface area contributed by atoms with Gasteiger partial charge in [-0.2, -0.15) is 0 Å². The van der Waals surface area contributed by atoms with Crippen molar-refractivity contribution in [1.82, 2.24) is 19.3 Å². The molecule has 0 aliphatic carbocycles. The van der Waals surface area contributed by atoms with Gasteiger partial charge in [-0.05, 0) is 0 Å². The molecule has 0 saturated heterocycles. The van der Waals surface area contributed by atoms with E-state index in [9.17, 15) is 0 Å². The Morgan fingerprint density at radius 3 is 3.11 bits per heavy atom. The first-order valence-corrected chi connectivity index (χ1v) is 2.43. The van der Waals surface area contributed by atoms with Gasteiger partial charge in [-0.25, -0.2) is 4.98 Å². The van der Waals surface area contributed by atoms with Gasteiger partial charge in [-0.15, -0.1) is 5.10 Å². The minimum absolute atomic E-state index is 0.565. The van der Waals surface area contributed by atoms with Gasteiger partial charge in [0.2, 0.25) is 0 Å². The number of nitrogens with zero attached hydrogens (tertiary/aromatic N) is 4. The second-order valence-corrected chi connectivity index (χ2v) is 1.68. The first-order valence-electron chi connectivity index (χ1n) is 2.43. The van der Waals surface area contributed by atoms with Crippen molar-refractivity contribution < 1.29 is 5.21 Å². The molecule has 0 saturated carbocycles. The van der Waals surface area contributed by atoms with Crippen LogP contribution in [-0.2, 0) is 0 Å². The Hall–Kier alpha value is -1.52. The third-order valence-corrected chi connectivity index (χ3v) is 1.14. The van der Waals surface area contributed by atoms with Crippen molar-refractivity contribution in [2.75, 3.05) is 0 Å². The van der Waals surface area contributed by atoms with Gasteiger partial charge < -0.3 is 5.21 Å². The van der Waals surface area contributed by atoms with Gasteiger partial charge in [0.25, 0.3) is 0 Å². The molecule has 1 N–H and O–H groups in total. The van der Waals surface area contributed by atoms with E-state index in [1.807, 2.05) is 0 Å². The highest BCUT2D eigenvalue weighted by atomic mass is 16.5. The van der Waals surface area contributed by atoms with Gasteiger partial charge in [0.15, 0.2) is 5.65 Å². The molecule has 9 heavy (non-hydrogen) atoms. The fourth-order valence-electron chi connectivity index (χ4n) is 0.705. The van der Waals surface area contributed by atoms with E-state index in [2.05, 4.69) is 10.1 Å². The van der Waals surface area contributed by atoms with E-state index >= 15 is 0 Å². The normalized spacial score (nSPS) is 10.7. The van der Waals surface area contributed by atoms with Crippen LogP contribution in [0.5, 0.6) is 0 Å². The Morgan fingerprint density at radius 2 is 2.33 bits per heavy atom. The zero-order valence-electron chi connectivity index (χ0n) is 4.47. The Morgan fingerprint density at radius 1 is 1.44 bits per heavy atom. The maximum atomic E-state index is 8.84. The number of rotatable bonds is 0. The zero-order valence-corrected chi connectivity index (χ0v) is 4.47. The van der Waals surface area contributed by atoms with Crippen molar-refractivity contribution in [3.05, 3.63) is 18.9 Å². The summed E-state index contributed by atoms with van der Waals surface area (Å²) in [7, 11) is 0. The molecule has 2 aromatic rings. The number of fused-ring (bicyclic) bond motifs is 1. The van der Waals surface area contributed by atoms with Crippen LogP contribution in [0.3, 0.4) is 0 Å². The summed E-state index contributed by atoms with van der Waals surface area (Å²) in [5, 5.41) is 12.4. The smallest absolute Gasteiger partial charge is 0.195 e. The third kappa shape index (κ3) is 0.426. The highest BCUT2D eigenvalue weighted by Gasteiger charge is 1.96. The van der Waals surface area contributed by atoms with Crippen LogP contribution in [0.25, 0.3) is 5.65 Å². The number of hydrogen-bond donors (Lipinski definition) is 1. The van der Waals surface area contributed by atoms with Crippen LogP contribution >= 0.6 is 0 Å². The van der Waals surface area contributed by atoms with Crippen LogP contribution in [0, 0.1) is 0 Å². The van der Waals surface area contributed by atoms with Crippen LogP contribution in [0.4, 0.5) is 0 Å². The lowest BCUT2D eigenvalue weighted by Crippen LogP contribution is -1.89. The second kappa shape index (κ2) is 1.25. The minimum atomic E-state index is 0.565. The number of imidazole rings is 1. The molecule has 0 amide bonds. The van der Waals surface area contributed by atoms with Gasteiger partial charge in [0.05, 0.1) is 6.20 Å². The molecule has 2 rings (SSSR count). The summed E-state index contributed by atoms with van der Waals surface area (Å²) in [6.07, 6.45) is 4.56. The SMILES string of the molecule is On1ncn2cncc12. The number of hydrogen-bond acceptors (Lipinski definition) is 3. The highest BCUT2D eigenvalue weighted by Crippen LogP contribution is 1.95. The van der Waals surface area contributed by atoms with E-state index in [0.29, 0.717) is 5.65 Å². The summed E-state index contributed by atoms with van der Waals surface area (Å²) < 4.78 is 1.61. The summed E-state index contributed by atoms with van der Waals surface area (Å²) in [4.78, 5) is 4.54. The van der Waals surface area contributed by atoms with Crippen molar-refractivity contribution in [3.8, 4) is 0 Å². The largest absolute Gasteiger partial charge is 0.410 e. The van der Waals surface area contributed by atoms with Crippen molar-refractivity contribution in [3.63, 3.8) is 0 Å². The van der Waals surface area contributed by atoms with E-state index in [1.54, 1.807) is 10.7 Å². The predicted molar refractivity (Wildman–Crippen MR) is 28.2 cm³/mol. The molecule has 2 aromatic heterocycles. The minimum Gasteiger partial charge on any atom is -0.410 e. The molecule has 46 valence electrons. The predicted octanol–water partition coefficient (Wildman–Crippen LogP) is -0.232. The van der Waals surface area contributed by atoms with Crippen LogP contribution in [-0.4, -0.2) is 24.5 Å².